The van der Waals surface area contributed by atoms with E-state index in [2.05, 4.69) is 11.5 Å². The molecule has 0 radical (unpaired) electrons. The standard InChI is InChI=1S/C16H18O4/c1-2-6-15(5-1)19-13-11-17-9-10-18-12-14-20-16-7-3-4-8-16/h1-5,7H,9-14H2. The van der Waals surface area contributed by atoms with E-state index in [0.29, 0.717) is 39.6 Å². The highest BCUT2D eigenvalue weighted by atomic mass is 16.6. The van der Waals surface area contributed by atoms with E-state index in [1.54, 1.807) is 0 Å². The van der Waals surface area contributed by atoms with Crippen molar-refractivity contribution in [3.63, 3.8) is 0 Å². The van der Waals surface area contributed by atoms with Gasteiger partial charge in [0, 0.05) is 0 Å². The SMILES string of the molecule is C1=CC=CC=1OCCOCCOCCOC1=C=CC=C1. The van der Waals surface area contributed by atoms with E-state index >= 15 is 0 Å². The summed E-state index contributed by atoms with van der Waals surface area (Å²) in [6.45, 7) is 3.24. The Hall–Kier alpha value is -1.96. The van der Waals surface area contributed by atoms with Crippen LogP contribution in [0.2, 0.25) is 0 Å². The molecule has 4 heteroatoms. The fraction of sp³-hybridized carbons (Fsp3) is 0.375. The summed E-state index contributed by atoms with van der Waals surface area (Å²) in [5, 5.41) is 0. The molecule has 2 aliphatic carbocycles. The van der Waals surface area contributed by atoms with E-state index in [9.17, 15) is 0 Å². The van der Waals surface area contributed by atoms with Gasteiger partial charge >= 0.3 is 0 Å². The second kappa shape index (κ2) is 9.03. The normalized spacial score (nSPS) is 14.8. The van der Waals surface area contributed by atoms with Gasteiger partial charge in [-0.1, -0.05) is 23.6 Å². The highest BCUT2D eigenvalue weighted by molar-refractivity contribution is 5.24. The Morgan fingerprint density at radius 2 is 1.10 bits per heavy atom. The molecular weight excluding hydrogens is 256 g/mol. The zero-order valence-electron chi connectivity index (χ0n) is 11.3. The van der Waals surface area contributed by atoms with E-state index in [0.717, 1.165) is 11.5 Å². The summed E-state index contributed by atoms with van der Waals surface area (Å²) in [5.41, 5.74) is 5.91. The molecule has 2 aliphatic rings. The molecule has 0 bridgehead atoms. The minimum atomic E-state index is 0.524. The summed E-state index contributed by atoms with van der Waals surface area (Å²) in [4.78, 5) is 0. The van der Waals surface area contributed by atoms with Crippen LogP contribution in [0.5, 0.6) is 0 Å². The highest BCUT2D eigenvalue weighted by Gasteiger charge is 1.97. The molecule has 0 aromatic rings. The zero-order chi connectivity index (χ0) is 13.9. The molecule has 0 heterocycles. The van der Waals surface area contributed by atoms with Crippen LogP contribution in [-0.2, 0) is 18.9 Å². The molecule has 0 aromatic heterocycles. The average Bonchev–Trinajstić information content (AvgIpc) is 3.14. The van der Waals surface area contributed by atoms with Crippen molar-refractivity contribution >= 4 is 0 Å². The summed E-state index contributed by atoms with van der Waals surface area (Å²) in [6, 6.07) is 0. The summed E-state index contributed by atoms with van der Waals surface area (Å²) in [6.07, 6.45) is 11.2. The summed E-state index contributed by atoms with van der Waals surface area (Å²) < 4.78 is 21.5. The third kappa shape index (κ3) is 5.79. The van der Waals surface area contributed by atoms with E-state index in [4.69, 9.17) is 18.9 Å². The van der Waals surface area contributed by atoms with Crippen molar-refractivity contribution in [1.82, 2.24) is 0 Å². The van der Waals surface area contributed by atoms with Crippen molar-refractivity contribution < 1.29 is 18.9 Å². The van der Waals surface area contributed by atoms with Crippen molar-refractivity contribution in [1.29, 1.82) is 0 Å². The molecule has 0 atom stereocenters. The molecule has 106 valence electrons. The average molecular weight is 274 g/mol. The van der Waals surface area contributed by atoms with Crippen LogP contribution in [0.15, 0.2) is 59.4 Å². The summed E-state index contributed by atoms with van der Waals surface area (Å²) >= 11 is 0. The number of allylic oxidation sites excluding steroid dienone is 4. The number of hydrogen-bond donors (Lipinski definition) is 0. The van der Waals surface area contributed by atoms with Gasteiger partial charge in [-0.25, -0.2) is 0 Å². The largest absolute Gasteiger partial charge is 0.484 e. The van der Waals surface area contributed by atoms with Gasteiger partial charge in [0.05, 0.1) is 26.4 Å². The second-order valence-corrected chi connectivity index (χ2v) is 3.99. The zero-order valence-corrected chi connectivity index (χ0v) is 11.3. The predicted molar refractivity (Wildman–Crippen MR) is 75.0 cm³/mol. The fourth-order valence-corrected chi connectivity index (χ4v) is 1.55. The van der Waals surface area contributed by atoms with Gasteiger partial charge in [-0.2, -0.15) is 0 Å². The Balaban J connectivity index is 1.33. The van der Waals surface area contributed by atoms with Crippen LogP contribution in [0.1, 0.15) is 0 Å². The van der Waals surface area contributed by atoms with E-state index in [1.165, 1.54) is 0 Å². The summed E-state index contributed by atoms with van der Waals surface area (Å²) in [7, 11) is 0. The molecule has 0 fully saturated rings. The van der Waals surface area contributed by atoms with Gasteiger partial charge in [-0.15, -0.1) is 0 Å². The molecule has 4 nitrogen and oxygen atoms in total. The first-order chi connectivity index (χ1) is 9.95. The first-order valence-electron chi connectivity index (χ1n) is 6.63. The Morgan fingerprint density at radius 1 is 0.650 bits per heavy atom. The molecule has 0 aliphatic heterocycles. The van der Waals surface area contributed by atoms with E-state index in [-0.39, 0.29) is 0 Å². The monoisotopic (exact) mass is 274 g/mol. The first-order valence-corrected chi connectivity index (χ1v) is 6.63. The molecule has 0 N–H and O–H groups in total. The minimum Gasteiger partial charge on any atom is -0.484 e. The maximum atomic E-state index is 5.39. The Labute approximate surface area is 119 Å². The number of hydrogen-bond acceptors (Lipinski definition) is 4. The van der Waals surface area contributed by atoms with Gasteiger partial charge in [-0.3, -0.25) is 0 Å². The third-order valence-corrected chi connectivity index (χ3v) is 2.48. The smallest absolute Gasteiger partial charge is 0.162 e. The summed E-state index contributed by atoms with van der Waals surface area (Å²) in [5.74, 6) is 1.51. The lowest BCUT2D eigenvalue weighted by Crippen LogP contribution is -2.11. The van der Waals surface area contributed by atoms with Crippen molar-refractivity contribution in [2.45, 2.75) is 0 Å². The molecule has 0 unspecified atom stereocenters. The molecule has 20 heavy (non-hydrogen) atoms. The molecule has 0 amide bonds. The van der Waals surface area contributed by atoms with Gasteiger partial charge in [-0.05, 0) is 24.3 Å². The number of ether oxygens (including phenoxy) is 4. The van der Waals surface area contributed by atoms with Crippen molar-refractivity contribution in [2.75, 3.05) is 39.6 Å². The molecule has 0 saturated heterocycles. The lowest BCUT2D eigenvalue weighted by molar-refractivity contribution is 0.0154. The van der Waals surface area contributed by atoms with E-state index < -0.39 is 0 Å². The van der Waals surface area contributed by atoms with Crippen LogP contribution in [0, 0.1) is 0 Å². The Bertz CT molecular complexity index is 441. The van der Waals surface area contributed by atoms with Crippen LogP contribution in [0.4, 0.5) is 0 Å². The van der Waals surface area contributed by atoms with Crippen molar-refractivity contribution in [3.05, 3.63) is 59.4 Å². The maximum absolute atomic E-state index is 5.39. The predicted octanol–water partition coefficient (Wildman–Crippen LogP) is 2.27. The molecule has 0 aromatic carbocycles. The molecule has 2 rings (SSSR count). The first kappa shape index (κ1) is 14.4. The number of rotatable bonds is 11. The van der Waals surface area contributed by atoms with Crippen LogP contribution in [0.25, 0.3) is 0 Å². The topological polar surface area (TPSA) is 36.9 Å². The molecular formula is C16H18O4. The lowest BCUT2D eigenvalue weighted by atomic mass is 10.5. The van der Waals surface area contributed by atoms with Crippen LogP contribution in [0.3, 0.4) is 0 Å². The highest BCUT2D eigenvalue weighted by Crippen LogP contribution is 2.03. The van der Waals surface area contributed by atoms with Gasteiger partial charge in [0.25, 0.3) is 0 Å². The van der Waals surface area contributed by atoms with Crippen molar-refractivity contribution in [2.24, 2.45) is 0 Å². The van der Waals surface area contributed by atoms with Crippen LogP contribution >= 0.6 is 0 Å². The van der Waals surface area contributed by atoms with E-state index in [1.807, 2.05) is 36.5 Å². The van der Waals surface area contributed by atoms with Gasteiger partial charge in [0.15, 0.2) is 11.5 Å². The van der Waals surface area contributed by atoms with Gasteiger partial charge in [0.1, 0.15) is 13.2 Å². The van der Waals surface area contributed by atoms with Crippen LogP contribution < -0.4 is 0 Å². The molecule has 0 spiro atoms. The Morgan fingerprint density at radius 3 is 1.50 bits per heavy atom. The lowest BCUT2D eigenvalue weighted by Gasteiger charge is -2.07. The maximum Gasteiger partial charge on any atom is 0.162 e. The Kier molecular flexibility index (Phi) is 6.52. The fourth-order valence-electron chi connectivity index (χ4n) is 1.55. The second-order valence-electron chi connectivity index (χ2n) is 3.99. The van der Waals surface area contributed by atoms with Gasteiger partial charge in [0.2, 0.25) is 0 Å². The van der Waals surface area contributed by atoms with Crippen LogP contribution in [-0.4, -0.2) is 39.6 Å². The van der Waals surface area contributed by atoms with Crippen molar-refractivity contribution in [3.8, 4) is 0 Å². The quantitative estimate of drug-likeness (QED) is 0.428. The van der Waals surface area contributed by atoms with Gasteiger partial charge < -0.3 is 18.9 Å². The minimum absolute atomic E-state index is 0.524. The molecule has 0 saturated carbocycles. The third-order valence-electron chi connectivity index (χ3n) is 2.48.